The quantitative estimate of drug-likeness (QED) is 0.369. The first-order valence-electron chi connectivity index (χ1n) is 8.26. The van der Waals surface area contributed by atoms with Gasteiger partial charge in [-0.1, -0.05) is 5.16 Å². The van der Waals surface area contributed by atoms with Gasteiger partial charge in [-0.3, -0.25) is 4.79 Å². The van der Waals surface area contributed by atoms with Crippen molar-refractivity contribution < 1.29 is 37.4 Å². The minimum atomic E-state index is -2.93. The number of benzene rings is 2. The molecule has 0 spiro atoms. The van der Waals surface area contributed by atoms with Gasteiger partial charge in [-0.05, 0) is 54.1 Å². The lowest BCUT2D eigenvalue weighted by atomic mass is 10.2. The number of alkyl halides is 2. The van der Waals surface area contributed by atoms with E-state index in [1.165, 1.54) is 30.5 Å². The van der Waals surface area contributed by atoms with Crippen LogP contribution in [-0.2, 0) is 19.2 Å². The van der Waals surface area contributed by atoms with Crippen molar-refractivity contribution in [1.82, 2.24) is 0 Å². The van der Waals surface area contributed by atoms with Gasteiger partial charge in [-0.15, -0.1) is 0 Å². The van der Waals surface area contributed by atoms with E-state index in [2.05, 4.69) is 15.2 Å². The van der Waals surface area contributed by atoms with Crippen LogP contribution in [0.2, 0.25) is 0 Å². The summed E-state index contributed by atoms with van der Waals surface area (Å²) in [7, 11) is 1.56. The molecule has 154 valence electrons. The van der Waals surface area contributed by atoms with Crippen LogP contribution in [0, 0.1) is 0 Å². The zero-order chi connectivity index (χ0) is 21.1. The number of carbonyl (C=O) groups is 2. The van der Waals surface area contributed by atoms with Crippen LogP contribution in [0.5, 0.6) is 11.5 Å². The molecule has 1 N–H and O–H groups in total. The topological polar surface area (TPSA) is 95.5 Å². The Labute approximate surface area is 165 Å². The third-order valence-electron chi connectivity index (χ3n) is 3.30. The van der Waals surface area contributed by atoms with E-state index in [-0.39, 0.29) is 5.75 Å². The molecule has 0 unspecified atom stereocenters. The number of oxime groups is 1. The summed E-state index contributed by atoms with van der Waals surface area (Å²) in [6.07, 6.45) is 1.40. The monoisotopic (exact) mass is 408 g/mol. The Morgan fingerprint density at radius 1 is 1.03 bits per heavy atom. The lowest BCUT2D eigenvalue weighted by Gasteiger charge is -2.08. The third-order valence-corrected chi connectivity index (χ3v) is 3.30. The summed E-state index contributed by atoms with van der Waals surface area (Å²) in [4.78, 5) is 28.1. The molecule has 2 aromatic carbocycles. The highest BCUT2D eigenvalue weighted by Crippen LogP contribution is 2.17. The number of rotatable bonds is 10. The minimum absolute atomic E-state index is 0.0447. The lowest BCUT2D eigenvalue weighted by Crippen LogP contribution is -2.22. The van der Waals surface area contributed by atoms with Crippen molar-refractivity contribution in [3.05, 3.63) is 54.1 Å². The first-order valence-corrected chi connectivity index (χ1v) is 8.26. The van der Waals surface area contributed by atoms with E-state index < -0.39 is 31.7 Å². The molecule has 0 aromatic heterocycles. The van der Waals surface area contributed by atoms with Crippen LogP contribution in [0.3, 0.4) is 0 Å². The van der Waals surface area contributed by atoms with Gasteiger partial charge in [0.25, 0.3) is 5.91 Å². The number of hydrogen-bond acceptors (Lipinski definition) is 7. The minimum Gasteiger partial charge on any atom is -0.497 e. The van der Waals surface area contributed by atoms with E-state index in [0.717, 1.165) is 5.56 Å². The van der Waals surface area contributed by atoms with Crippen molar-refractivity contribution in [2.24, 2.45) is 5.16 Å². The second-order valence-electron chi connectivity index (χ2n) is 5.39. The maximum Gasteiger partial charge on any atom is 0.387 e. The van der Waals surface area contributed by atoms with E-state index in [0.29, 0.717) is 11.4 Å². The molecular weight excluding hydrogens is 390 g/mol. The molecule has 0 heterocycles. The van der Waals surface area contributed by atoms with E-state index in [9.17, 15) is 18.4 Å². The van der Waals surface area contributed by atoms with Crippen LogP contribution in [-0.4, -0.2) is 45.0 Å². The standard InChI is InChI=1S/C19H18F2N2O6/c1-26-15-6-2-13(3-7-15)10-22-28-12-18(25)27-11-17(24)23-14-4-8-16(9-5-14)29-19(20)21/h2-10,19H,11-12H2,1H3,(H,23,24)/b22-10-. The van der Waals surface area contributed by atoms with Gasteiger partial charge in [-0.2, -0.15) is 8.78 Å². The first kappa shape index (κ1) is 21.6. The Morgan fingerprint density at radius 2 is 1.69 bits per heavy atom. The van der Waals surface area contributed by atoms with Gasteiger partial charge >= 0.3 is 12.6 Å². The number of nitrogens with zero attached hydrogens (tertiary/aromatic N) is 1. The maximum absolute atomic E-state index is 12.1. The Morgan fingerprint density at radius 3 is 2.31 bits per heavy atom. The van der Waals surface area contributed by atoms with Crippen molar-refractivity contribution in [2.45, 2.75) is 6.61 Å². The van der Waals surface area contributed by atoms with Crippen molar-refractivity contribution >= 4 is 23.8 Å². The molecule has 1 amide bonds. The number of esters is 1. The molecule has 2 aromatic rings. The van der Waals surface area contributed by atoms with Crippen molar-refractivity contribution in [3.8, 4) is 11.5 Å². The fourth-order valence-electron chi connectivity index (χ4n) is 1.98. The molecule has 0 aliphatic heterocycles. The smallest absolute Gasteiger partial charge is 0.387 e. The lowest BCUT2D eigenvalue weighted by molar-refractivity contribution is -0.151. The number of amides is 1. The zero-order valence-electron chi connectivity index (χ0n) is 15.3. The van der Waals surface area contributed by atoms with Crippen molar-refractivity contribution in [2.75, 3.05) is 25.6 Å². The fraction of sp³-hybridized carbons (Fsp3) is 0.211. The molecule has 0 atom stereocenters. The highest BCUT2D eigenvalue weighted by Gasteiger charge is 2.09. The summed E-state index contributed by atoms with van der Waals surface area (Å²) in [5.74, 6) is -0.741. The Hall–Kier alpha value is -3.69. The van der Waals surface area contributed by atoms with Crippen LogP contribution in [0.15, 0.2) is 53.7 Å². The van der Waals surface area contributed by atoms with Crippen LogP contribution < -0.4 is 14.8 Å². The number of carbonyl (C=O) groups excluding carboxylic acids is 2. The Bertz CT molecular complexity index is 826. The Kier molecular flexibility index (Phi) is 8.36. The first-order chi connectivity index (χ1) is 14.0. The van der Waals surface area contributed by atoms with Crippen molar-refractivity contribution in [3.63, 3.8) is 0 Å². The molecule has 8 nitrogen and oxygen atoms in total. The van der Waals surface area contributed by atoms with Gasteiger partial charge in [0.1, 0.15) is 11.5 Å². The number of nitrogens with one attached hydrogen (secondary N) is 1. The number of halogens is 2. The molecule has 0 saturated heterocycles. The molecule has 0 radical (unpaired) electrons. The van der Waals surface area contributed by atoms with Crippen LogP contribution >= 0.6 is 0 Å². The molecule has 0 fully saturated rings. The zero-order valence-corrected chi connectivity index (χ0v) is 15.3. The molecule has 29 heavy (non-hydrogen) atoms. The second kappa shape index (κ2) is 11.2. The highest BCUT2D eigenvalue weighted by atomic mass is 19.3. The van der Waals surface area contributed by atoms with Gasteiger partial charge in [0, 0.05) is 5.69 Å². The summed E-state index contributed by atoms with van der Waals surface area (Å²) >= 11 is 0. The average molecular weight is 408 g/mol. The van der Waals surface area contributed by atoms with Gasteiger partial charge in [-0.25, -0.2) is 4.79 Å². The van der Waals surface area contributed by atoms with Crippen LogP contribution in [0.25, 0.3) is 0 Å². The van der Waals surface area contributed by atoms with Gasteiger partial charge in [0.2, 0.25) is 6.61 Å². The third kappa shape index (κ3) is 8.24. The summed E-state index contributed by atoms with van der Waals surface area (Å²) in [5, 5.41) is 6.06. The molecule has 0 saturated carbocycles. The van der Waals surface area contributed by atoms with E-state index >= 15 is 0 Å². The Balaban J connectivity index is 1.66. The summed E-state index contributed by atoms with van der Waals surface area (Å²) in [6.45, 7) is -3.95. The van der Waals surface area contributed by atoms with E-state index in [1.54, 1.807) is 31.4 Å². The summed E-state index contributed by atoms with van der Waals surface area (Å²) in [5.41, 5.74) is 1.07. The molecule has 0 aliphatic carbocycles. The number of hydrogen-bond donors (Lipinski definition) is 1. The fourth-order valence-corrected chi connectivity index (χ4v) is 1.98. The van der Waals surface area contributed by atoms with Crippen molar-refractivity contribution in [1.29, 1.82) is 0 Å². The largest absolute Gasteiger partial charge is 0.497 e. The molecule has 2 rings (SSSR count). The number of ether oxygens (including phenoxy) is 3. The van der Waals surface area contributed by atoms with Gasteiger partial charge in [0.05, 0.1) is 13.3 Å². The predicted octanol–water partition coefficient (Wildman–Crippen LogP) is 2.83. The average Bonchev–Trinajstić information content (AvgIpc) is 2.71. The van der Waals surface area contributed by atoms with E-state index in [1.807, 2.05) is 0 Å². The summed E-state index contributed by atoms with van der Waals surface area (Å²) in [6, 6.07) is 12.3. The second-order valence-corrected chi connectivity index (χ2v) is 5.39. The highest BCUT2D eigenvalue weighted by molar-refractivity contribution is 5.92. The predicted molar refractivity (Wildman–Crippen MR) is 99.2 cm³/mol. The number of anilines is 1. The van der Waals surface area contributed by atoms with Gasteiger partial charge < -0.3 is 24.4 Å². The number of methoxy groups -OCH3 is 1. The normalized spacial score (nSPS) is 10.6. The molecule has 10 heteroatoms. The maximum atomic E-state index is 12.1. The summed E-state index contributed by atoms with van der Waals surface area (Å²) < 4.78 is 38.1. The van der Waals surface area contributed by atoms with Crippen LogP contribution in [0.1, 0.15) is 5.56 Å². The SMILES string of the molecule is COc1ccc(/C=N\OCC(=O)OCC(=O)Nc2ccc(OC(F)F)cc2)cc1. The molecule has 0 aliphatic rings. The molecule has 0 bridgehead atoms. The molecular formula is C19H18F2N2O6. The van der Waals surface area contributed by atoms with Crippen LogP contribution in [0.4, 0.5) is 14.5 Å². The van der Waals surface area contributed by atoms with Gasteiger partial charge in [0.15, 0.2) is 6.61 Å². The van der Waals surface area contributed by atoms with E-state index in [4.69, 9.17) is 14.3 Å².